The molecular formula is C30H30N4O10S. The second-order valence-corrected chi connectivity index (χ2v) is 12.4. The maximum Gasteiger partial charge on any atom is 0.327 e. The van der Waals surface area contributed by atoms with Crippen LogP contribution < -0.4 is 25.4 Å². The predicted octanol–water partition coefficient (Wildman–Crippen LogP) is 1.52. The number of thioether (sulfide) groups is 1. The van der Waals surface area contributed by atoms with Crippen LogP contribution in [0.3, 0.4) is 0 Å². The Morgan fingerprint density at radius 1 is 0.933 bits per heavy atom. The summed E-state index contributed by atoms with van der Waals surface area (Å²) < 4.78 is 9.24. The van der Waals surface area contributed by atoms with E-state index >= 15 is 0 Å². The Balaban J connectivity index is 1.43. The Kier molecular flexibility index (Phi) is 9.61. The number of nitrogens with one attached hydrogen (secondary N) is 3. The molecule has 0 aromatic heterocycles. The summed E-state index contributed by atoms with van der Waals surface area (Å²) in [6, 6.07) is 8.91. The number of nitrogens with zero attached hydrogens (tertiary/aromatic N) is 1. The van der Waals surface area contributed by atoms with Crippen molar-refractivity contribution >= 4 is 59.0 Å². The number of anilines is 1. The van der Waals surface area contributed by atoms with Crippen LogP contribution in [0.1, 0.15) is 39.3 Å². The van der Waals surface area contributed by atoms with Gasteiger partial charge in [-0.1, -0.05) is 30.3 Å². The highest BCUT2D eigenvalue weighted by Gasteiger charge is 2.64. The van der Waals surface area contributed by atoms with Gasteiger partial charge in [-0.3, -0.25) is 28.8 Å². The monoisotopic (exact) mass is 638 g/mol. The van der Waals surface area contributed by atoms with Crippen molar-refractivity contribution in [3.63, 3.8) is 0 Å². The molecule has 4 N–H and O–H groups in total. The average Bonchev–Trinajstić information content (AvgIpc) is 3.22. The van der Waals surface area contributed by atoms with E-state index in [9.17, 15) is 38.7 Å². The van der Waals surface area contributed by atoms with Crippen molar-refractivity contribution in [2.24, 2.45) is 0 Å². The standard InChI is InChI=1S/C30H30N4O10S/c1-15(35)43-19-11-10-18(14-20(19)44-16(2)36)31-21(37)12-13-22(38)32-23(17-8-6-5-7-9-17)26(39)33-24-27(40)34-25(29(41)42)30(3,4)45-28(24)34/h5-14,23-25,28H,1-4H3,(H,31,37)(H,32,38)(H,33,39)(H,41,42)/b13-12+/t23?,24-,25+,28-/m1/s1. The molecule has 4 amide bonds. The third-order valence-electron chi connectivity index (χ3n) is 6.76. The number of rotatable bonds is 10. The molecule has 45 heavy (non-hydrogen) atoms. The molecule has 4 rings (SSSR count). The highest BCUT2D eigenvalue weighted by molar-refractivity contribution is 8.01. The number of aliphatic carboxylic acids is 1. The number of fused-ring (bicyclic) bond motifs is 1. The molecule has 2 saturated heterocycles. The van der Waals surface area contributed by atoms with Gasteiger partial charge < -0.3 is 35.4 Å². The van der Waals surface area contributed by atoms with Crippen LogP contribution in [0, 0.1) is 0 Å². The van der Waals surface area contributed by atoms with E-state index in [-0.39, 0.29) is 17.2 Å². The third kappa shape index (κ3) is 7.49. The van der Waals surface area contributed by atoms with Gasteiger partial charge in [0.1, 0.15) is 23.5 Å². The van der Waals surface area contributed by atoms with Gasteiger partial charge in [-0.25, -0.2) is 4.79 Å². The van der Waals surface area contributed by atoms with Crippen LogP contribution in [-0.2, 0) is 33.6 Å². The summed E-state index contributed by atoms with van der Waals surface area (Å²) in [5.41, 5.74) is 0.564. The van der Waals surface area contributed by atoms with Gasteiger partial charge in [-0.15, -0.1) is 11.8 Å². The fourth-order valence-electron chi connectivity index (χ4n) is 4.91. The molecule has 0 radical (unpaired) electrons. The zero-order chi connectivity index (χ0) is 33.1. The van der Waals surface area contributed by atoms with Crippen LogP contribution in [0.5, 0.6) is 11.5 Å². The molecule has 2 aromatic rings. The van der Waals surface area contributed by atoms with Crippen molar-refractivity contribution in [2.45, 2.75) is 55.9 Å². The van der Waals surface area contributed by atoms with Crippen molar-refractivity contribution < 1.29 is 48.1 Å². The van der Waals surface area contributed by atoms with E-state index < -0.39 is 69.8 Å². The van der Waals surface area contributed by atoms with E-state index in [1.54, 1.807) is 44.2 Å². The van der Waals surface area contributed by atoms with Gasteiger partial charge in [0.2, 0.25) is 23.6 Å². The molecule has 236 valence electrons. The highest BCUT2D eigenvalue weighted by Crippen LogP contribution is 2.50. The summed E-state index contributed by atoms with van der Waals surface area (Å²) in [4.78, 5) is 87.4. The van der Waals surface area contributed by atoms with Crippen molar-refractivity contribution in [2.75, 3.05) is 5.32 Å². The van der Waals surface area contributed by atoms with Gasteiger partial charge in [-0.2, -0.15) is 0 Å². The number of carboxylic acid groups (broad SMARTS) is 1. The van der Waals surface area contributed by atoms with Crippen LogP contribution in [0.25, 0.3) is 0 Å². The minimum atomic E-state index is -1.25. The van der Waals surface area contributed by atoms with Crippen molar-refractivity contribution in [1.82, 2.24) is 15.5 Å². The molecule has 4 atom stereocenters. The maximum absolute atomic E-state index is 13.4. The first-order valence-electron chi connectivity index (χ1n) is 13.6. The number of esters is 2. The highest BCUT2D eigenvalue weighted by atomic mass is 32.2. The van der Waals surface area contributed by atoms with Gasteiger partial charge in [0.25, 0.3) is 0 Å². The SMILES string of the molecule is CC(=O)Oc1ccc(NC(=O)/C=C/C(=O)NC(C(=O)N[C@@H]2C(=O)N3[C@@H]2SC(C)(C)[C@@H]3C(=O)O)c2ccccc2)cc1OC(C)=O. The summed E-state index contributed by atoms with van der Waals surface area (Å²) in [7, 11) is 0. The molecule has 2 fully saturated rings. The number of benzene rings is 2. The Bertz CT molecular complexity index is 1590. The number of hydrogen-bond donors (Lipinski definition) is 4. The molecule has 2 aromatic carbocycles. The Morgan fingerprint density at radius 2 is 1.56 bits per heavy atom. The van der Waals surface area contributed by atoms with Crippen molar-refractivity contribution in [3.05, 3.63) is 66.2 Å². The smallest absolute Gasteiger partial charge is 0.327 e. The number of β-lactam (4-membered cyclic amide) rings is 1. The van der Waals surface area contributed by atoms with Crippen LogP contribution in [0.15, 0.2) is 60.7 Å². The Labute approximate surface area is 261 Å². The number of carbonyl (C=O) groups excluding carboxylic acids is 6. The summed E-state index contributed by atoms with van der Waals surface area (Å²) in [5.74, 6) is -5.40. The number of hydrogen-bond acceptors (Lipinski definition) is 10. The molecule has 2 aliphatic heterocycles. The number of carboxylic acids is 1. The molecule has 2 heterocycles. The van der Waals surface area contributed by atoms with Gasteiger partial charge in [0.05, 0.1) is 0 Å². The zero-order valence-electron chi connectivity index (χ0n) is 24.6. The summed E-state index contributed by atoms with van der Waals surface area (Å²) >= 11 is 1.27. The minimum absolute atomic E-state index is 0.0379. The number of carbonyl (C=O) groups is 7. The van der Waals surface area contributed by atoms with E-state index in [4.69, 9.17) is 9.47 Å². The molecule has 0 spiro atoms. The van der Waals surface area contributed by atoms with Gasteiger partial charge in [0, 0.05) is 42.5 Å². The molecule has 2 aliphatic rings. The zero-order valence-corrected chi connectivity index (χ0v) is 25.4. The van der Waals surface area contributed by atoms with Gasteiger partial charge in [-0.05, 0) is 31.5 Å². The molecule has 14 nitrogen and oxygen atoms in total. The van der Waals surface area contributed by atoms with E-state index in [1.807, 2.05) is 0 Å². The normalized spacial score (nSPS) is 20.3. The van der Waals surface area contributed by atoms with E-state index in [2.05, 4.69) is 16.0 Å². The lowest BCUT2D eigenvalue weighted by Crippen LogP contribution is -2.71. The van der Waals surface area contributed by atoms with Crippen molar-refractivity contribution in [3.8, 4) is 11.5 Å². The third-order valence-corrected chi connectivity index (χ3v) is 8.33. The molecule has 15 heteroatoms. The maximum atomic E-state index is 13.4. The lowest BCUT2D eigenvalue weighted by atomic mass is 9.95. The van der Waals surface area contributed by atoms with Crippen LogP contribution in [0.4, 0.5) is 5.69 Å². The predicted molar refractivity (Wildman–Crippen MR) is 160 cm³/mol. The average molecular weight is 639 g/mol. The lowest BCUT2D eigenvalue weighted by molar-refractivity contribution is -0.161. The van der Waals surface area contributed by atoms with E-state index in [0.29, 0.717) is 5.56 Å². The topological polar surface area (TPSA) is 198 Å². The molecular weight excluding hydrogens is 608 g/mol. The molecule has 0 aliphatic carbocycles. The first-order valence-corrected chi connectivity index (χ1v) is 14.4. The Morgan fingerprint density at radius 3 is 2.18 bits per heavy atom. The first kappa shape index (κ1) is 32.7. The summed E-state index contributed by atoms with van der Waals surface area (Å²) in [6.45, 7) is 5.75. The fraction of sp³-hybridized carbons (Fsp3) is 0.300. The second-order valence-electron chi connectivity index (χ2n) is 10.6. The number of ether oxygens (including phenoxy) is 2. The quantitative estimate of drug-likeness (QED) is 0.127. The minimum Gasteiger partial charge on any atom is -0.480 e. The largest absolute Gasteiger partial charge is 0.480 e. The fourth-order valence-corrected chi connectivity index (χ4v) is 6.54. The van der Waals surface area contributed by atoms with Crippen LogP contribution in [0.2, 0.25) is 0 Å². The molecule has 0 bridgehead atoms. The van der Waals surface area contributed by atoms with Gasteiger partial charge >= 0.3 is 17.9 Å². The molecule has 1 unspecified atom stereocenters. The van der Waals surface area contributed by atoms with Crippen molar-refractivity contribution in [1.29, 1.82) is 0 Å². The van der Waals surface area contributed by atoms with Gasteiger partial charge in [0.15, 0.2) is 11.5 Å². The first-order chi connectivity index (χ1) is 21.2. The summed E-state index contributed by atoms with van der Waals surface area (Å²) in [6.07, 6.45) is 1.82. The van der Waals surface area contributed by atoms with E-state index in [0.717, 1.165) is 19.1 Å². The van der Waals surface area contributed by atoms with Crippen LogP contribution >= 0.6 is 11.8 Å². The second kappa shape index (κ2) is 13.2. The summed E-state index contributed by atoms with van der Waals surface area (Å²) in [5, 5.41) is 16.7. The van der Waals surface area contributed by atoms with E-state index in [1.165, 1.54) is 41.8 Å². The number of amides is 4. The molecule has 0 saturated carbocycles. The lowest BCUT2D eigenvalue weighted by Gasteiger charge is -2.44. The van der Waals surface area contributed by atoms with Crippen LogP contribution in [-0.4, -0.2) is 73.7 Å². The Hall–Kier alpha value is -5.18.